The van der Waals surface area contributed by atoms with Crippen molar-refractivity contribution in [1.29, 1.82) is 0 Å². The molecule has 1 unspecified atom stereocenters. The number of hydrogen-bond acceptors (Lipinski definition) is 2. The highest BCUT2D eigenvalue weighted by molar-refractivity contribution is 5.78. The number of amides is 1. The van der Waals surface area contributed by atoms with Gasteiger partial charge in [0.2, 0.25) is 5.91 Å². The molecule has 22 heavy (non-hydrogen) atoms. The van der Waals surface area contributed by atoms with Gasteiger partial charge in [-0.2, -0.15) is 13.2 Å². The lowest BCUT2D eigenvalue weighted by molar-refractivity contribution is -0.137. The van der Waals surface area contributed by atoms with Gasteiger partial charge in [-0.25, -0.2) is 0 Å². The van der Waals surface area contributed by atoms with Crippen molar-refractivity contribution in [3.8, 4) is 0 Å². The van der Waals surface area contributed by atoms with Gasteiger partial charge in [0.15, 0.2) is 0 Å². The van der Waals surface area contributed by atoms with Crippen molar-refractivity contribution < 1.29 is 23.1 Å². The highest BCUT2D eigenvalue weighted by atomic mass is 19.4. The Balaban J connectivity index is 1.85. The van der Waals surface area contributed by atoms with E-state index in [1.165, 1.54) is 12.1 Å². The number of alkyl halides is 3. The first-order chi connectivity index (χ1) is 10.2. The lowest BCUT2D eigenvalue weighted by Gasteiger charge is -2.36. The van der Waals surface area contributed by atoms with Gasteiger partial charge in [0, 0.05) is 12.5 Å². The van der Waals surface area contributed by atoms with Gasteiger partial charge >= 0.3 is 6.18 Å². The monoisotopic (exact) mass is 315 g/mol. The van der Waals surface area contributed by atoms with E-state index in [4.69, 9.17) is 0 Å². The number of rotatable bonds is 5. The normalized spacial score (nSPS) is 18.4. The summed E-state index contributed by atoms with van der Waals surface area (Å²) in [6, 6.07) is 4.84. The fourth-order valence-corrected chi connectivity index (χ4v) is 2.46. The van der Waals surface area contributed by atoms with Gasteiger partial charge in [0.1, 0.15) is 0 Å². The summed E-state index contributed by atoms with van der Waals surface area (Å²) in [5, 5.41) is 12.6. The fourth-order valence-electron chi connectivity index (χ4n) is 2.46. The van der Waals surface area contributed by atoms with Crippen LogP contribution in [0.2, 0.25) is 0 Å². The van der Waals surface area contributed by atoms with Crippen molar-refractivity contribution in [1.82, 2.24) is 5.32 Å². The highest BCUT2D eigenvalue weighted by Gasteiger charge is 2.35. The van der Waals surface area contributed by atoms with Gasteiger partial charge in [-0.1, -0.05) is 19.1 Å². The Labute approximate surface area is 127 Å². The summed E-state index contributed by atoms with van der Waals surface area (Å²) >= 11 is 0. The predicted molar refractivity (Wildman–Crippen MR) is 76.1 cm³/mol. The van der Waals surface area contributed by atoms with Crippen LogP contribution in [0.5, 0.6) is 0 Å². The molecule has 0 aromatic heterocycles. The summed E-state index contributed by atoms with van der Waals surface area (Å²) in [7, 11) is 0. The largest absolute Gasteiger partial charge is 0.416 e. The molecule has 0 bridgehead atoms. The third-order valence-corrected chi connectivity index (χ3v) is 4.15. The molecule has 0 saturated heterocycles. The molecule has 1 amide bonds. The molecule has 1 saturated carbocycles. The summed E-state index contributed by atoms with van der Waals surface area (Å²) in [5.74, 6) is -0.555. The van der Waals surface area contributed by atoms with E-state index >= 15 is 0 Å². The maximum absolute atomic E-state index is 12.5. The second-order valence-corrected chi connectivity index (χ2v) is 6.10. The first-order valence-electron chi connectivity index (χ1n) is 7.36. The molecular weight excluding hydrogens is 295 g/mol. The predicted octanol–water partition coefficient (Wildman–Crippen LogP) is 2.92. The molecule has 0 heterocycles. The number of aliphatic hydroxyl groups is 1. The minimum atomic E-state index is -4.35. The van der Waals surface area contributed by atoms with E-state index in [1.807, 2.05) is 0 Å². The summed E-state index contributed by atoms with van der Waals surface area (Å²) in [6.45, 7) is 1.96. The Morgan fingerprint density at radius 1 is 1.32 bits per heavy atom. The van der Waals surface area contributed by atoms with Crippen molar-refractivity contribution in [2.24, 2.45) is 5.92 Å². The van der Waals surface area contributed by atoms with Gasteiger partial charge in [-0.15, -0.1) is 0 Å². The maximum Gasteiger partial charge on any atom is 0.416 e. The van der Waals surface area contributed by atoms with Gasteiger partial charge in [-0.3, -0.25) is 4.79 Å². The second-order valence-electron chi connectivity index (χ2n) is 6.10. The van der Waals surface area contributed by atoms with Gasteiger partial charge in [0.05, 0.1) is 11.2 Å². The van der Waals surface area contributed by atoms with Crippen molar-refractivity contribution in [2.45, 2.75) is 44.4 Å². The van der Waals surface area contributed by atoms with Crippen LogP contribution in [0.4, 0.5) is 13.2 Å². The van der Waals surface area contributed by atoms with Crippen LogP contribution >= 0.6 is 0 Å². The van der Waals surface area contributed by atoms with E-state index in [-0.39, 0.29) is 18.4 Å². The molecule has 1 aliphatic rings. The zero-order valence-corrected chi connectivity index (χ0v) is 12.4. The van der Waals surface area contributed by atoms with Gasteiger partial charge in [0.25, 0.3) is 0 Å². The zero-order valence-electron chi connectivity index (χ0n) is 12.4. The van der Waals surface area contributed by atoms with Crippen LogP contribution in [-0.2, 0) is 17.4 Å². The van der Waals surface area contributed by atoms with E-state index in [2.05, 4.69) is 5.32 Å². The van der Waals surface area contributed by atoms with E-state index in [1.54, 1.807) is 6.92 Å². The van der Waals surface area contributed by atoms with E-state index < -0.39 is 17.3 Å². The fraction of sp³-hybridized carbons (Fsp3) is 0.562. The third kappa shape index (κ3) is 4.22. The number of carbonyl (C=O) groups excluding carboxylic acids is 1. The smallest absolute Gasteiger partial charge is 0.388 e. The van der Waals surface area contributed by atoms with Gasteiger partial charge in [-0.05, 0) is 43.4 Å². The first kappa shape index (κ1) is 16.8. The number of benzene rings is 1. The van der Waals surface area contributed by atoms with E-state index in [0.717, 1.165) is 18.6 Å². The molecule has 0 spiro atoms. The number of nitrogens with one attached hydrogen (secondary N) is 1. The molecule has 1 fully saturated rings. The molecule has 1 aromatic carbocycles. The summed E-state index contributed by atoms with van der Waals surface area (Å²) in [6.07, 6.45) is -1.63. The molecule has 0 aliphatic heterocycles. The zero-order chi connectivity index (χ0) is 16.4. The van der Waals surface area contributed by atoms with Crippen LogP contribution in [0.1, 0.15) is 37.3 Å². The Morgan fingerprint density at radius 3 is 2.36 bits per heavy atom. The van der Waals surface area contributed by atoms with Crippen LogP contribution in [0, 0.1) is 5.92 Å². The Hall–Kier alpha value is -1.56. The van der Waals surface area contributed by atoms with Crippen LogP contribution in [0.25, 0.3) is 0 Å². The lowest BCUT2D eigenvalue weighted by atomic mass is 9.80. The van der Waals surface area contributed by atoms with Crippen LogP contribution < -0.4 is 5.32 Å². The van der Waals surface area contributed by atoms with Crippen molar-refractivity contribution in [3.05, 3.63) is 35.4 Å². The number of hydrogen-bond donors (Lipinski definition) is 2. The number of halogens is 3. The first-order valence-corrected chi connectivity index (χ1v) is 7.36. The van der Waals surface area contributed by atoms with Gasteiger partial charge < -0.3 is 10.4 Å². The molecule has 1 aliphatic carbocycles. The van der Waals surface area contributed by atoms with Crippen LogP contribution in [-0.4, -0.2) is 23.2 Å². The topological polar surface area (TPSA) is 49.3 Å². The second kappa shape index (κ2) is 6.28. The molecule has 122 valence electrons. The molecule has 1 aromatic rings. The van der Waals surface area contributed by atoms with Crippen molar-refractivity contribution in [3.63, 3.8) is 0 Å². The lowest BCUT2D eigenvalue weighted by Crippen LogP contribution is -2.48. The Morgan fingerprint density at radius 2 is 1.91 bits per heavy atom. The SMILES string of the molecule is CC(Cc1ccc(C(F)(F)F)cc1)C(=O)NCC1(O)CCC1. The highest BCUT2D eigenvalue weighted by Crippen LogP contribution is 2.31. The van der Waals surface area contributed by atoms with Crippen molar-refractivity contribution >= 4 is 5.91 Å². The van der Waals surface area contributed by atoms with E-state index in [0.29, 0.717) is 24.8 Å². The summed E-state index contributed by atoms with van der Waals surface area (Å²) < 4.78 is 37.4. The number of carbonyl (C=O) groups is 1. The molecule has 2 N–H and O–H groups in total. The average Bonchev–Trinajstić information content (AvgIpc) is 2.42. The quantitative estimate of drug-likeness (QED) is 0.878. The summed E-state index contributed by atoms with van der Waals surface area (Å²) in [4.78, 5) is 12.0. The minimum absolute atomic E-state index is 0.194. The molecule has 0 radical (unpaired) electrons. The van der Waals surface area contributed by atoms with Crippen molar-refractivity contribution in [2.75, 3.05) is 6.54 Å². The summed E-state index contributed by atoms with van der Waals surface area (Å²) in [5.41, 5.74) is -0.789. The molecule has 1 atom stereocenters. The maximum atomic E-state index is 12.5. The van der Waals surface area contributed by atoms with E-state index in [9.17, 15) is 23.1 Å². The Kier molecular flexibility index (Phi) is 4.80. The minimum Gasteiger partial charge on any atom is -0.388 e. The average molecular weight is 315 g/mol. The standard InChI is InChI=1S/C16H20F3NO2/c1-11(14(21)20-10-15(22)7-2-8-15)9-12-3-5-13(6-4-12)16(17,18)19/h3-6,11,22H,2,7-10H2,1H3,(H,20,21). The Bertz CT molecular complexity index is 521. The van der Waals surface area contributed by atoms with Crippen LogP contribution in [0.3, 0.4) is 0 Å². The molecule has 2 rings (SSSR count). The molecular formula is C16H20F3NO2. The van der Waals surface area contributed by atoms with Crippen LogP contribution in [0.15, 0.2) is 24.3 Å². The third-order valence-electron chi connectivity index (χ3n) is 4.15. The molecule has 3 nitrogen and oxygen atoms in total. The molecule has 6 heteroatoms.